The average molecular weight is 603 g/mol. The van der Waals surface area contributed by atoms with Gasteiger partial charge in [-0.2, -0.15) is 0 Å². The number of halogens is 3. The molecular formula is C28H28F2IN3O2. The molecule has 1 aromatic heterocycles. The quantitative estimate of drug-likeness (QED) is 0.216. The van der Waals surface area contributed by atoms with Crippen LogP contribution in [0.1, 0.15) is 17.5 Å². The summed E-state index contributed by atoms with van der Waals surface area (Å²) in [5.74, 6) is -1.63. The summed E-state index contributed by atoms with van der Waals surface area (Å²) in [6.07, 6.45) is 1.28. The van der Waals surface area contributed by atoms with Crippen molar-refractivity contribution in [1.29, 1.82) is 0 Å². The molecule has 1 heterocycles. The molecule has 1 amide bonds. The van der Waals surface area contributed by atoms with E-state index in [0.29, 0.717) is 18.7 Å². The summed E-state index contributed by atoms with van der Waals surface area (Å²) in [5, 5.41) is 18.1. The van der Waals surface area contributed by atoms with Crippen LogP contribution < -0.4 is 10.6 Å². The standard InChI is InChI=1S/C28H28F2IN3O2/c29-22-12-20(13-23(30)16-22)15-25(27(35)18-32-17-19-4-3-6-24(31)14-19)33-28(36)9-11-34-10-8-21-5-1-2-7-26(21)34/h1-8,10,12-14,16,25,27,32,35H,9,11,15,17-18H2,(H,33,36)/t25-,27-/m1/s1. The molecule has 0 saturated heterocycles. The van der Waals surface area contributed by atoms with Crippen LogP contribution in [0.3, 0.4) is 0 Å². The van der Waals surface area contributed by atoms with Gasteiger partial charge < -0.3 is 20.3 Å². The van der Waals surface area contributed by atoms with E-state index in [1.807, 2.05) is 65.4 Å². The summed E-state index contributed by atoms with van der Waals surface area (Å²) in [7, 11) is 0. The minimum absolute atomic E-state index is 0.0962. The Morgan fingerprint density at radius 1 is 0.972 bits per heavy atom. The number of aliphatic hydroxyl groups is 1. The van der Waals surface area contributed by atoms with E-state index >= 15 is 0 Å². The maximum Gasteiger partial charge on any atom is 0.222 e. The molecule has 0 unspecified atom stereocenters. The predicted octanol–water partition coefficient (Wildman–Crippen LogP) is 4.79. The third-order valence-electron chi connectivity index (χ3n) is 6.02. The molecule has 0 spiro atoms. The van der Waals surface area contributed by atoms with E-state index in [1.165, 1.54) is 12.1 Å². The Balaban J connectivity index is 1.40. The Morgan fingerprint density at radius 3 is 2.53 bits per heavy atom. The summed E-state index contributed by atoms with van der Waals surface area (Å²) < 4.78 is 30.6. The number of nitrogens with zero attached hydrogens (tertiary/aromatic N) is 1. The number of aliphatic hydroxyl groups excluding tert-OH is 1. The summed E-state index contributed by atoms with van der Waals surface area (Å²) >= 11 is 2.24. The van der Waals surface area contributed by atoms with E-state index in [4.69, 9.17) is 0 Å². The third-order valence-corrected chi connectivity index (χ3v) is 6.69. The molecule has 36 heavy (non-hydrogen) atoms. The largest absolute Gasteiger partial charge is 0.390 e. The number of fused-ring (bicyclic) bond motifs is 1. The minimum Gasteiger partial charge on any atom is -0.390 e. The summed E-state index contributed by atoms with van der Waals surface area (Å²) in [6, 6.07) is 20.4. The number of aromatic nitrogens is 1. The van der Waals surface area contributed by atoms with Gasteiger partial charge >= 0.3 is 0 Å². The van der Waals surface area contributed by atoms with Crippen molar-refractivity contribution in [2.45, 2.75) is 38.1 Å². The zero-order valence-electron chi connectivity index (χ0n) is 19.6. The van der Waals surface area contributed by atoms with Gasteiger partial charge in [-0.3, -0.25) is 4.79 Å². The molecule has 188 valence electrons. The summed E-state index contributed by atoms with van der Waals surface area (Å²) in [4.78, 5) is 12.8. The lowest BCUT2D eigenvalue weighted by molar-refractivity contribution is -0.122. The lowest BCUT2D eigenvalue weighted by atomic mass is 10.0. The molecule has 3 N–H and O–H groups in total. The van der Waals surface area contributed by atoms with Crippen LogP contribution in [0.4, 0.5) is 8.78 Å². The second kappa shape index (κ2) is 12.4. The Hall–Kier alpha value is -2.82. The van der Waals surface area contributed by atoms with Crippen LogP contribution in [0.2, 0.25) is 0 Å². The lowest BCUT2D eigenvalue weighted by Crippen LogP contribution is -2.48. The molecule has 0 aliphatic rings. The summed E-state index contributed by atoms with van der Waals surface area (Å²) in [5.41, 5.74) is 2.48. The number of aryl methyl sites for hydroxylation is 1. The van der Waals surface area contributed by atoms with Crippen molar-refractivity contribution in [2.75, 3.05) is 6.54 Å². The van der Waals surface area contributed by atoms with Crippen molar-refractivity contribution in [1.82, 2.24) is 15.2 Å². The fourth-order valence-electron chi connectivity index (χ4n) is 4.26. The van der Waals surface area contributed by atoms with Gasteiger partial charge in [-0.05, 0) is 81.9 Å². The highest BCUT2D eigenvalue weighted by molar-refractivity contribution is 14.1. The number of carbonyl (C=O) groups excluding carboxylic acids is 1. The average Bonchev–Trinajstić information content (AvgIpc) is 3.25. The van der Waals surface area contributed by atoms with Crippen molar-refractivity contribution in [3.63, 3.8) is 0 Å². The Bertz CT molecular complexity index is 1310. The molecular weight excluding hydrogens is 575 g/mol. The Kier molecular flexibility index (Phi) is 9.06. The van der Waals surface area contributed by atoms with Gasteiger partial charge in [0.25, 0.3) is 0 Å². The number of para-hydroxylation sites is 1. The normalized spacial score (nSPS) is 13.0. The number of carbonyl (C=O) groups is 1. The van der Waals surface area contributed by atoms with Crippen molar-refractivity contribution in [3.8, 4) is 0 Å². The lowest BCUT2D eigenvalue weighted by Gasteiger charge is -2.25. The number of hydrogen-bond donors (Lipinski definition) is 3. The zero-order valence-corrected chi connectivity index (χ0v) is 21.8. The van der Waals surface area contributed by atoms with E-state index in [9.17, 15) is 18.7 Å². The van der Waals surface area contributed by atoms with Gasteiger partial charge in [0.2, 0.25) is 5.91 Å². The third kappa shape index (κ3) is 7.35. The van der Waals surface area contributed by atoms with Crippen LogP contribution in [0.5, 0.6) is 0 Å². The highest BCUT2D eigenvalue weighted by atomic mass is 127. The molecule has 3 aromatic carbocycles. The highest BCUT2D eigenvalue weighted by Crippen LogP contribution is 2.16. The molecule has 0 saturated carbocycles. The van der Waals surface area contributed by atoms with Crippen LogP contribution in [0, 0.1) is 15.2 Å². The fraction of sp³-hybridized carbons (Fsp3) is 0.250. The SMILES string of the molecule is O=C(CCn1ccc2ccccc21)N[C@H](Cc1cc(F)cc(F)c1)[C@H](O)CNCc1cccc(I)c1. The van der Waals surface area contributed by atoms with Crippen LogP contribution >= 0.6 is 22.6 Å². The topological polar surface area (TPSA) is 66.3 Å². The molecule has 0 fully saturated rings. The van der Waals surface area contributed by atoms with E-state index in [2.05, 4.69) is 33.2 Å². The summed E-state index contributed by atoms with van der Waals surface area (Å²) in [6.45, 7) is 1.22. The number of benzene rings is 3. The van der Waals surface area contributed by atoms with E-state index in [-0.39, 0.29) is 25.3 Å². The van der Waals surface area contributed by atoms with Crippen molar-refractivity contribution >= 4 is 39.4 Å². The van der Waals surface area contributed by atoms with Gasteiger partial charge in [0.15, 0.2) is 0 Å². The van der Waals surface area contributed by atoms with Crippen LogP contribution in [0.15, 0.2) is 79.0 Å². The number of nitrogens with one attached hydrogen (secondary N) is 2. The first-order chi connectivity index (χ1) is 17.4. The van der Waals surface area contributed by atoms with Gasteiger partial charge in [0.1, 0.15) is 11.6 Å². The molecule has 4 rings (SSSR count). The monoisotopic (exact) mass is 603 g/mol. The molecule has 4 aromatic rings. The number of rotatable bonds is 11. The van der Waals surface area contributed by atoms with E-state index in [1.54, 1.807) is 0 Å². The molecule has 0 radical (unpaired) electrons. The zero-order chi connectivity index (χ0) is 25.5. The molecule has 0 aliphatic carbocycles. The first-order valence-corrected chi connectivity index (χ1v) is 12.9. The Labute approximate surface area is 222 Å². The van der Waals surface area contributed by atoms with Gasteiger partial charge in [-0.15, -0.1) is 0 Å². The van der Waals surface area contributed by atoms with Gasteiger partial charge in [0.05, 0.1) is 12.1 Å². The smallest absolute Gasteiger partial charge is 0.222 e. The van der Waals surface area contributed by atoms with Crippen LogP contribution in [0.25, 0.3) is 10.9 Å². The van der Waals surface area contributed by atoms with Crippen molar-refractivity contribution < 1.29 is 18.7 Å². The first kappa shape index (κ1) is 26.2. The van der Waals surface area contributed by atoms with Crippen molar-refractivity contribution in [2.24, 2.45) is 0 Å². The second-order valence-corrected chi connectivity index (χ2v) is 10.0. The molecule has 2 atom stereocenters. The second-order valence-electron chi connectivity index (χ2n) is 8.80. The predicted molar refractivity (Wildman–Crippen MR) is 145 cm³/mol. The van der Waals surface area contributed by atoms with Crippen molar-refractivity contribution in [3.05, 3.63) is 105 Å². The number of amides is 1. The van der Waals surface area contributed by atoms with Crippen LogP contribution in [-0.4, -0.2) is 34.3 Å². The van der Waals surface area contributed by atoms with E-state index in [0.717, 1.165) is 26.1 Å². The molecule has 8 heteroatoms. The highest BCUT2D eigenvalue weighted by Gasteiger charge is 2.22. The Morgan fingerprint density at radius 2 is 1.75 bits per heavy atom. The molecule has 5 nitrogen and oxygen atoms in total. The number of hydrogen-bond acceptors (Lipinski definition) is 3. The molecule has 0 aliphatic heterocycles. The molecule has 0 bridgehead atoms. The van der Waals surface area contributed by atoms with Gasteiger partial charge in [-0.1, -0.05) is 30.3 Å². The maximum absolute atomic E-state index is 13.8. The van der Waals surface area contributed by atoms with Gasteiger partial charge in [-0.25, -0.2) is 8.78 Å². The maximum atomic E-state index is 13.8. The minimum atomic E-state index is -0.963. The van der Waals surface area contributed by atoms with Gasteiger partial charge in [0, 0.05) is 47.4 Å². The fourth-order valence-corrected chi connectivity index (χ4v) is 4.86. The first-order valence-electron chi connectivity index (χ1n) is 11.8. The van der Waals surface area contributed by atoms with Crippen LogP contribution in [-0.2, 0) is 24.3 Å². The van der Waals surface area contributed by atoms with E-state index < -0.39 is 23.8 Å².